The van der Waals surface area contributed by atoms with Crippen LogP contribution in [0.25, 0.3) is 98.7 Å². The molecule has 1 aliphatic rings. The second kappa shape index (κ2) is 12.1. The quantitative estimate of drug-likeness (QED) is 0.161. The van der Waals surface area contributed by atoms with Gasteiger partial charge < -0.3 is 0 Å². The summed E-state index contributed by atoms with van der Waals surface area (Å²) in [6, 6.07) is 72.0. The molecule has 0 amide bonds. The van der Waals surface area contributed by atoms with E-state index in [-0.39, 0.29) is 5.41 Å². The van der Waals surface area contributed by atoms with Crippen LogP contribution < -0.4 is 0 Å². The summed E-state index contributed by atoms with van der Waals surface area (Å²) < 4.78 is 0. The van der Waals surface area contributed by atoms with E-state index in [1.54, 1.807) is 0 Å². The van der Waals surface area contributed by atoms with Crippen LogP contribution in [-0.2, 0) is 5.41 Å². The van der Waals surface area contributed by atoms with Gasteiger partial charge in [0.1, 0.15) is 0 Å². The van der Waals surface area contributed by atoms with Gasteiger partial charge in [-0.3, -0.25) is 0 Å². The Kier molecular flexibility index (Phi) is 7.00. The molecular formula is C55H38. The summed E-state index contributed by atoms with van der Waals surface area (Å²) in [4.78, 5) is 0. The first-order chi connectivity index (χ1) is 27.1. The predicted molar refractivity (Wildman–Crippen MR) is 236 cm³/mol. The minimum Gasteiger partial charge on any atom is -0.0622 e. The van der Waals surface area contributed by atoms with Gasteiger partial charge in [-0.2, -0.15) is 0 Å². The minimum atomic E-state index is -0.0890. The van der Waals surface area contributed by atoms with Crippen molar-refractivity contribution in [2.75, 3.05) is 0 Å². The third-order valence-corrected chi connectivity index (χ3v) is 12.3. The van der Waals surface area contributed by atoms with Gasteiger partial charge in [-0.25, -0.2) is 0 Å². The normalized spacial score (nSPS) is 13.1. The number of hydrogen-bond donors (Lipinski definition) is 0. The van der Waals surface area contributed by atoms with E-state index in [4.69, 9.17) is 0 Å². The van der Waals surface area contributed by atoms with Gasteiger partial charge in [0.15, 0.2) is 0 Å². The lowest BCUT2D eigenvalue weighted by Crippen LogP contribution is -2.15. The molecule has 10 aromatic rings. The van der Waals surface area contributed by atoms with E-state index in [0.29, 0.717) is 0 Å². The molecule has 55 heavy (non-hydrogen) atoms. The van der Waals surface area contributed by atoms with E-state index in [1.165, 1.54) is 110 Å². The van der Waals surface area contributed by atoms with Gasteiger partial charge in [-0.05, 0) is 116 Å². The van der Waals surface area contributed by atoms with Crippen molar-refractivity contribution >= 4 is 43.1 Å². The Morgan fingerprint density at radius 1 is 0.291 bits per heavy atom. The van der Waals surface area contributed by atoms with Gasteiger partial charge in [-0.1, -0.05) is 202 Å². The monoisotopic (exact) mass is 698 g/mol. The highest BCUT2D eigenvalue weighted by Crippen LogP contribution is 2.52. The maximum atomic E-state index is 2.44. The Labute approximate surface area is 322 Å². The second-order valence-corrected chi connectivity index (χ2v) is 15.6. The van der Waals surface area contributed by atoms with Crippen LogP contribution in [0.5, 0.6) is 0 Å². The van der Waals surface area contributed by atoms with Crippen molar-refractivity contribution < 1.29 is 0 Å². The fourth-order valence-electron chi connectivity index (χ4n) is 9.73. The van der Waals surface area contributed by atoms with E-state index in [9.17, 15) is 0 Å². The molecule has 0 atom stereocenters. The van der Waals surface area contributed by atoms with Crippen LogP contribution in [0.3, 0.4) is 0 Å². The summed E-state index contributed by atoms with van der Waals surface area (Å²) in [6.45, 7) is 4.77. The van der Waals surface area contributed by atoms with Gasteiger partial charge in [0.05, 0.1) is 0 Å². The number of fused-ring (bicyclic) bond motifs is 8. The van der Waals surface area contributed by atoms with Crippen molar-refractivity contribution in [3.05, 3.63) is 205 Å². The summed E-state index contributed by atoms with van der Waals surface area (Å²) in [7, 11) is 0. The van der Waals surface area contributed by atoms with Gasteiger partial charge in [-0.15, -0.1) is 0 Å². The molecule has 0 fully saturated rings. The molecule has 1 aliphatic carbocycles. The van der Waals surface area contributed by atoms with Crippen molar-refractivity contribution in [1.82, 2.24) is 0 Å². The molecule has 0 saturated heterocycles. The van der Waals surface area contributed by atoms with Crippen LogP contribution in [0.15, 0.2) is 194 Å². The SMILES string of the molecule is CC1(C)c2cc(-c3ccc(-c4c5ccccc5c(-c5ccc(-c6ccccc6)c6ccccc56)c5ccccc45)cc3)ccc2-c2ccc3ccccc3c21. The van der Waals surface area contributed by atoms with Crippen LogP contribution in [0.1, 0.15) is 25.0 Å². The third kappa shape index (κ3) is 4.78. The van der Waals surface area contributed by atoms with Gasteiger partial charge in [0.2, 0.25) is 0 Å². The molecule has 0 aliphatic heterocycles. The van der Waals surface area contributed by atoms with E-state index in [0.717, 1.165) is 0 Å². The Morgan fingerprint density at radius 3 is 1.44 bits per heavy atom. The highest BCUT2D eigenvalue weighted by atomic mass is 14.4. The first kappa shape index (κ1) is 31.7. The predicted octanol–water partition coefficient (Wildman–Crippen LogP) is 15.3. The fourth-order valence-corrected chi connectivity index (χ4v) is 9.73. The zero-order valence-corrected chi connectivity index (χ0v) is 31.0. The molecule has 0 saturated carbocycles. The van der Waals surface area contributed by atoms with Crippen LogP contribution in [0.4, 0.5) is 0 Å². The van der Waals surface area contributed by atoms with E-state index < -0.39 is 0 Å². The molecule has 0 unspecified atom stereocenters. The third-order valence-electron chi connectivity index (χ3n) is 12.3. The summed E-state index contributed by atoms with van der Waals surface area (Å²) >= 11 is 0. The zero-order chi connectivity index (χ0) is 36.7. The molecule has 0 nitrogen and oxygen atoms in total. The Morgan fingerprint density at radius 2 is 0.764 bits per heavy atom. The summed E-state index contributed by atoms with van der Waals surface area (Å²) in [6.07, 6.45) is 0. The lowest BCUT2D eigenvalue weighted by Gasteiger charge is -2.23. The molecule has 0 heteroatoms. The molecule has 10 aromatic carbocycles. The highest BCUT2D eigenvalue weighted by molar-refractivity contribution is 6.24. The van der Waals surface area contributed by atoms with Crippen molar-refractivity contribution in [1.29, 1.82) is 0 Å². The van der Waals surface area contributed by atoms with E-state index in [1.807, 2.05) is 0 Å². The Balaban J connectivity index is 1.05. The molecule has 0 N–H and O–H groups in total. The van der Waals surface area contributed by atoms with Crippen LogP contribution >= 0.6 is 0 Å². The fraction of sp³-hybridized carbons (Fsp3) is 0.0545. The molecule has 0 heterocycles. The van der Waals surface area contributed by atoms with Crippen LogP contribution in [0, 0.1) is 0 Å². The largest absolute Gasteiger partial charge is 0.0622 e. The van der Waals surface area contributed by atoms with E-state index >= 15 is 0 Å². The smallest absolute Gasteiger partial charge is 0.0165 e. The first-order valence-electron chi connectivity index (χ1n) is 19.4. The Hall–Kier alpha value is -6.76. The average molecular weight is 699 g/mol. The molecule has 0 aromatic heterocycles. The van der Waals surface area contributed by atoms with Crippen molar-refractivity contribution in [2.24, 2.45) is 0 Å². The number of hydrogen-bond acceptors (Lipinski definition) is 0. The lowest BCUT2D eigenvalue weighted by molar-refractivity contribution is 0.666. The lowest BCUT2D eigenvalue weighted by atomic mass is 9.79. The van der Waals surface area contributed by atoms with Crippen LogP contribution in [0.2, 0.25) is 0 Å². The zero-order valence-electron chi connectivity index (χ0n) is 31.0. The van der Waals surface area contributed by atoms with Crippen LogP contribution in [-0.4, -0.2) is 0 Å². The maximum Gasteiger partial charge on any atom is 0.0165 e. The van der Waals surface area contributed by atoms with Gasteiger partial charge >= 0.3 is 0 Å². The molecule has 0 radical (unpaired) electrons. The van der Waals surface area contributed by atoms with Crippen molar-refractivity contribution in [2.45, 2.75) is 19.3 Å². The molecule has 0 spiro atoms. The summed E-state index contributed by atoms with van der Waals surface area (Å²) in [5.41, 5.74) is 15.5. The topological polar surface area (TPSA) is 0 Å². The minimum absolute atomic E-state index is 0.0890. The summed E-state index contributed by atoms with van der Waals surface area (Å²) in [5, 5.41) is 10.3. The highest BCUT2D eigenvalue weighted by Gasteiger charge is 2.37. The Bertz CT molecular complexity index is 3090. The molecule has 11 rings (SSSR count). The second-order valence-electron chi connectivity index (χ2n) is 15.6. The maximum absolute atomic E-state index is 2.44. The average Bonchev–Trinajstić information content (AvgIpc) is 3.48. The van der Waals surface area contributed by atoms with Gasteiger partial charge in [0.25, 0.3) is 0 Å². The van der Waals surface area contributed by atoms with Gasteiger partial charge in [0, 0.05) is 5.41 Å². The molecule has 0 bridgehead atoms. The molecule has 258 valence electrons. The number of rotatable bonds is 4. The first-order valence-corrected chi connectivity index (χ1v) is 19.4. The standard InChI is InChI=1S/C55H38/c1-55(2)51-34-39(29-30-44(51)50-31-28-37-16-6-7-17-41(37)54(50)55)35-24-26-38(27-25-35)52-45-20-10-12-22-47(45)53(48-23-13-11-21-46(48)52)49-33-32-40(36-14-4-3-5-15-36)42-18-8-9-19-43(42)49/h3-34H,1-2H3. The summed E-state index contributed by atoms with van der Waals surface area (Å²) in [5.74, 6) is 0. The van der Waals surface area contributed by atoms with E-state index in [2.05, 4.69) is 208 Å². The van der Waals surface area contributed by atoms with Crippen molar-refractivity contribution in [3.8, 4) is 55.6 Å². The van der Waals surface area contributed by atoms with Crippen molar-refractivity contribution in [3.63, 3.8) is 0 Å². The molecular weight excluding hydrogens is 661 g/mol. The number of benzene rings is 10.